The minimum Gasteiger partial charge on any atom is -0.359 e. The summed E-state index contributed by atoms with van der Waals surface area (Å²) in [4.78, 5) is 8.69. The molecule has 7 nitrogen and oxygen atoms in total. The van der Waals surface area contributed by atoms with Gasteiger partial charge in [-0.05, 0) is 39.3 Å². The van der Waals surface area contributed by atoms with Gasteiger partial charge in [0.25, 0.3) is 0 Å². The van der Waals surface area contributed by atoms with E-state index in [1.165, 1.54) is 18.2 Å². The van der Waals surface area contributed by atoms with E-state index in [2.05, 4.69) is 60.3 Å². The van der Waals surface area contributed by atoms with E-state index in [0.717, 1.165) is 5.52 Å². The number of para-hydroxylation sites is 1. The van der Waals surface area contributed by atoms with E-state index in [9.17, 15) is 4.57 Å². The summed E-state index contributed by atoms with van der Waals surface area (Å²) in [7, 11) is 1.03. The molecule has 174 valence electrons. The molecule has 0 unspecified atom stereocenters. The summed E-state index contributed by atoms with van der Waals surface area (Å²) < 4.78 is 25.8. The minimum absolute atomic E-state index is 0.331. The maximum Gasteiger partial charge on any atom is 0.474 e. The normalized spacial score (nSPS) is 13.6. The van der Waals surface area contributed by atoms with Gasteiger partial charge in [-0.25, -0.2) is 4.57 Å². The van der Waals surface area contributed by atoms with E-state index < -0.39 is 7.82 Å². The van der Waals surface area contributed by atoms with Crippen molar-refractivity contribution in [3.05, 3.63) is 55.0 Å². The van der Waals surface area contributed by atoms with Gasteiger partial charge in [-0.3, -0.25) is 18.6 Å². The van der Waals surface area contributed by atoms with Gasteiger partial charge in [-0.2, -0.15) is 0 Å². The first-order valence-corrected chi connectivity index (χ1v) is 12.3. The van der Waals surface area contributed by atoms with Crippen molar-refractivity contribution in [3.8, 4) is 0 Å². The Hall–Kier alpha value is -1.92. The lowest BCUT2D eigenvalue weighted by atomic mass is 10.2. The van der Waals surface area contributed by atoms with Gasteiger partial charge >= 0.3 is 7.82 Å². The monoisotopic (exact) mass is 451 g/mol. The Labute approximate surface area is 187 Å². The molecular weight excluding hydrogens is 413 g/mol. The third-order valence-electron chi connectivity index (χ3n) is 4.40. The molecular formula is C23H38N3O4P. The number of aromatic nitrogens is 1. The predicted molar refractivity (Wildman–Crippen MR) is 128 cm³/mol. The smallest absolute Gasteiger partial charge is 0.359 e. The summed E-state index contributed by atoms with van der Waals surface area (Å²) in [6.45, 7) is 8.44. The summed E-state index contributed by atoms with van der Waals surface area (Å²) in [5, 5.41) is 1.20. The standard InChI is InChI=1S/C9H7N.C8H16N2.C6H15O4P/c1-2-6-9-8(4-1)5-3-7-10-9;1-4-5-8-9(2)6-7-10(8)3;1-4-8-11(7,9-5-2)10-6-3/h1-7H;6-8H,4-5H2,1-3H3;4-6H2,1-3H3. The highest BCUT2D eigenvalue weighted by atomic mass is 31.2. The van der Waals surface area contributed by atoms with Crippen molar-refractivity contribution in [2.24, 2.45) is 0 Å². The summed E-state index contributed by atoms with van der Waals surface area (Å²) in [6.07, 6.45) is 9.16. The van der Waals surface area contributed by atoms with Crippen molar-refractivity contribution < 1.29 is 18.1 Å². The Kier molecular flexibility index (Phi) is 13.1. The second-order valence-electron chi connectivity index (χ2n) is 6.80. The number of fused-ring (bicyclic) bond motifs is 1. The number of hydrogen-bond acceptors (Lipinski definition) is 7. The van der Waals surface area contributed by atoms with Crippen LogP contribution < -0.4 is 0 Å². The van der Waals surface area contributed by atoms with Crippen LogP contribution in [0.3, 0.4) is 0 Å². The Morgan fingerprint density at radius 1 is 0.871 bits per heavy atom. The van der Waals surface area contributed by atoms with Crippen LogP contribution in [0, 0.1) is 0 Å². The zero-order chi connectivity index (χ0) is 23.1. The van der Waals surface area contributed by atoms with Crippen LogP contribution in [0.25, 0.3) is 10.9 Å². The van der Waals surface area contributed by atoms with E-state index in [1.54, 1.807) is 20.8 Å². The van der Waals surface area contributed by atoms with Crippen LogP contribution in [-0.4, -0.2) is 54.9 Å². The fraction of sp³-hybridized carbons (Fsp3) is 0.522. The van der Waals surface area contributed by atoms with Crippen LogP contribution in [-0.2, 0) is 18.1 Å². The van der Waals surface area contributed by atoms with Crippen LogP contribution in [0.15, 0.2) is 55.0 Å². The molecule has 0 atom stereocenters. The third-order valence-corrected chi connectivity index (χ3v) is 6.12. The molecule has 1 aliphatic heterocycles. The molecule has 0 bridgehead atoms. The first kappa shape index (κ1) is 27.1. The van der Waals surface area contributed by atoms with Gasteiger partial charge in [-0.15, -0.1) is 0 Å². The van der Waals surface area contributed by atoms with Gasteiger partial charge < -0.3 is 9.80 Å². The quantitative estimate of drug-likeness (QED) is 0.463. The first-order valence-electron chi connectivity index (χ1n) is 10.9. The SMILES string of the molecule is CCCC1N(C)C=CN1C.CCOP(=O)(OCC)OCC.c1ccc2ncccc2c1. The van der Waals surface area contributed by atoms with Gasteiger partial charge in [0.05, 0.1) is 25.3 Å². The van der Waals surface area contributed by atoms with Crippen molar-refractivity contribution in [3.63, 3.8) is 0 Å². The van der Waals surface area contributed by atoms with Crippen molar-refractivity contribution in [1.29, 1.82) is 0 Å². The number of pyridine rings is 1. The second-order valence-corrected chi connectivity index (χ2v) is 8.46. The lowest BCUT2D eigenvalue weighted by molar-refractivity contribution is 0.126. The maximum absolute atomic E-state index is 11.3. The highest BCUT2D eigenvalue weighted by molar-refractivity contribution is 7.48. The summed E-state index contributed by atoms with van der Waals surface area (Å²) in [5.41, 5.74) is 1.06. The molecule has 1 aromatic heterocycles. The Morgan fingerprint density at radius 2 is 1.39 bits per heavy atom. The molecule has 0 saturated carbocycles. The van der Waals surface area contributed by atoms with E-state index in [4.69, 9.17) is 13.6 Å². The van der Waals surface area contributed by atoms with Crippen molar-refractivity contribution in [2.45, 2.75) is 46.7 Å². The lowest BCUT2D eigenvalue weighted by Gasteiger charge is -2.26. The van der Waals surface area contributed by atoms with Gasteiger partial charge in [0.2, 0.25) is 0 Å². The summed E-state index contributed by atoms with van der Waals surface area (Å²) in [5.74, 6) is 0. The average molecular weight is 452 g/mol. The van der Waals surface area contributed by atoms with Gasteiger partial charge in [0.15, 0.2) is 0 Å². The number of phosphoric acid groups is 1. The van der Waals surface area contributed by atoms with Crippen molar-refractivity contribution in [2.75, 3.05) is 33.9 Å². The number of hydrogen-bond donors (Lipinski definition) is 0. The Bertz CT molecular complexity index is 717. The molecule has 0 N–H and O–H groups in total. The van der Waals surface area contributed by atoms with E-state index in [1.807, 2.05) is 30.5 Å². The summed E-state index contributed by atoms with van der Waals surface area (Å²) >= 11 is 0. The fourth-order valence-corrected chi connectivity index (χ4v) is 4.14. The topological polar surface area (TPSA) is 64.1 Å². The van der Waals surface area contributed by atoms with Crippen LogP contribution >= 0.6 is 7.82 Å². The second kappa shape index (κ2) is 15.0. The van der Waals surface area contributed by atoms with Crippen LogP contribution in [0.4, 0.5) is 0 Å². The first-order chi connectivity index (χ1) is 14.9. The highest BCUT2D eigenvalue weighted by Gasteiger charge is 2.23. The van der Waals surface area contributed by atoms with Crippen LogP contribution in [0.5, 0.6) is 0 Å². The largest absolute Gasteiger partial charge is 0.474 e. The fourth-order valence-electron chi connectivity index (χ4n) is 2.96. The van der Waals surface area contributed by atoms with Crippen molar-refractivity contribution >= 4 is 18.7 Å². The number of benzene rings is 1. The van der Waals surface area contributed by atoms with E-state index >= 15 is 0 Å². The molecule has 8 heteroatoms. The van der Waals surface area contributed by atoms with Crippen LogP contribution in [0.2, 0.25) is 0 Å². The molecule has 0 fully saturated rings. The lowest BCUT2D eigenvalue weighted by Crippen LogP contribution is -2.33. The van der Waals surface area contributed by atoms with E-state index in [-0.39, 0.29) is 0 Å². The molecule has 0 radical (unpaired) electrons. The van der Waals surface area contributed by atoms with Gasteiger partial charge in [0.1, 0.15) is 6.17 Å². The molecule has 0 aliphatic carbocycles. The molecule has 0 amide bonds. The molecule has 1 aromatic carbocycles. The summed E-state index contributed by atoms with van der Waals surface area (Å²) in [6, 6.07) is 12.1. The molecule has 2 heterocycles. The maximum atomic E-state index is 11.3. The Morgan fingerprint density at radius 3 is 1.87 bits per heavy atom. The minimum atomic E-state index is -3.22. The molecule has 0 spiro atoms. The highest BCUT2D eigenvalue weighted by Crippen LogP contribution is 2.48. The Balaban J connectivity index is 0.000000232. The number of nitrogens with zero attached hydrogens (tertiary/aromatic N) is 3. The number of rotatable bonds is 8. The molecule has 2 aromatic rings. The average Bonchev–Trinajstić information content (AvgIpc) is 3.08. The van der Waals surface area contributed by atoms with Crippen LogP contribution in [0.1, 0.15) is 40.5 Å². The van der Waals surface area contributed by atoms with E-state index in [0.29, 0.717) is 26.0 Å². The molecule has 0 saturated heterocycles. The molecule has 3 rings (SSSR count). The predicted octanol–water partition coefficient (Wildman–Crippen LogP) is 5.90. The zero-order valence-electron chi connectivity index (χ0n) is 19.7. The molecule has 31 heavy (non-hydrogen) atoms. The van der Waals surface area contributed by atoms with Gasteiger partial charge in [-0.1, -0.05) is 37.6 Å². The van der Waals surface area contributed by atoms with Gasteiger partial charge in [0, 0.05) is 38.1 Å². The zero-order valence-corrected chi connectivity index (χ0v) is 20.6. The third kappa shape index (κ3) is 9.83. The number of phosphoric ester groups is 1. The molecule has 1 aliphatic rings. The van der Waals surface area contributed by atoms with Crippen molar-refractivity contribution in [1.82, 2.24) is 14.8 Å².